The molecule has 0 radical (unpaired) electrons. The second kappa shape index (κ2) is 5.54. The van der Waals surface area contributed by atoms with Gasteiger partial charge in [0.25, 0.3) is 10.2 Å². The Morgan fingerprint density at radius 2 is 1.85 bits per heavy atom. The maximum atomic E-state index is 11.5. The van der Waals surface area contributed by atoms with Crippen LogP contribution in [0.2, 0.25) is 0 Å². The van der Waals surface area contributed by atoms with Crippen LogP contribution in [0.3, 0.4) is 0 Å². The van der Waals surface area contributed by atoms with Crippen molar-refractivity contribution in [3.05, 3.63) is 0 Å². The van der Waals surface area contributed by atoms with Gasteiger partial charge in [-0.05, 0) is 6.92 Å². The topological polar surface area (TPSA) is 69.6 Å². The van der Waals surface area contributed by atoms with E-state index >= 15 is 0 Å². The summed E-state index contributed by atoms with van der Waals surface area (Å²) in [4.78, 5) is 0. The summed E-state index contributed by atoms with van der Waals surface area (Å²) in [5.74, 6) is 0. The Hall–Kier alpha value is -0.170. The number of aliphatic hydroxyl groups excluding tert-OH is 1. The van der Waals surface area contributed by atoms with E-state index in [1.807, 2.05) is 0 Å². The maximum absolute atomic E-state index is 11.5. The van der Waals surface area contributed by atoms with Gasteiger partial charge in [-0.3, -0.25) is 0 Å². The van der Waals surface area contributed by atoms with E-state index < -0.39 is 16.3 Å². The van der Waals surface area contributed by atoms with Crippen molar-refractivity contribution < 1.29 is 13.5 Å². The van der Waals surface area contributed by atoms with E-state index in [1.165, 1.54) is 4.31 Å². The Bertz CT molecular complexity index is 224. The average Bonchev–Trinajstić information content (AvgIpc) is 2.05. The number of hydrogen-bond acceptors (Lipinski definition) is 3. The lowest BCUT2D eigenvalue weighted by Crippen LogP contribution is -2.45. The first-order chi connectivity index (χ1) is 5.97. The van der Waals surface area contributed by atoms with Crippen molar-refractivity contribution in [2.75, 3.05) is 19.7 Å². The maximum Gasteiger partial charge on any atom is 0.279 e. The molecule has 0 saturated heterocycles. The van der Waals surface area contributed by atoms with E-state index in [4.69, 9.17) is 5.11 Å². The van der Waals surface area contributed by atoms with Crippen LogP contribution in [0, 0.1) is 0 Å². The van der Waals surface area contributed by atoms with Gasteiger partial charge in [-0.1, -0.05) is 13.8 Å². The largest absolute Gasteiger partial charge is 0.395 e. The SMILES string of the molecule is CCN(CC)S(=O)(=O)N[C@H](C)CO. The highest BCUT2D eigenvalue weighted by molar-refractivity contribution is 7.87. The molecule has 6 heteroatoms. The fourth-order valence-electron chi connectivity index (χ4n) is 0.930. The number of nitrogens with one attached hydrogen (secondary N) is 1. The van der Waals surface area contributed by atoms with Crippen molar-refractivity contribution in [3.8, 4) is 0 Å². The normalized spacial score (nSPS) is 14.8. The fraction of sp³-hybridized carbons (Fsp3) is 1.00. The lowest BCUT2D eigenvalue weighted by Gasteiger charge is -2.21. The van der Waals surface area contributed by atoms with Crippen LogP contribution in [-0.2, 0) is 10.2 Å². The van der Waals surface area contributed by atoms with Crippen LogP contribution in [0.5, 0.6) is 0 Å². The predicted octanol–water partition coefficient (Wildman–Crippen LogP) is -0.457. The van der Waals surface area contributed by atoms with Gasteiger partial charge < -0.3 is 5.11 Å². The molecule has 0 aromatic rings. The van der Waals surface area contributed by atoms with Crippen molar-refractivity contribution in [2.24, 2.45) is 0 Å². The van der Waals surface area contributed by atoms with Gasteiger partial charge in [-0.2, -0.15) is 17.4 Å². The van der Waals surface area contributed by atoms with Crippen LogP contribution in [0.4, 0.5) is 0 Å². The Balaban J connectivity index is 4.38. The monoisotopic (exact) mass is 210 g/mol. The first kappa shape index (κ1) is 12.8. The standard InChI is InChI=1S/C7H18N2O3S/c1-4-9(5-2)13(11,12)8-7(3)6-10/h7-8,10H,4-6H2,1-3H3/t7-/m1/s1. The number of hydrogen-bond donors (Lipinski definition) is 2. The van der Waals surface area contributed by atoms with Crippen molar-refractivity contribution in [2.45, 2.75) is 26.8 Å². The summed E-state index contributed by atoms with van der Waals surface area (Å²) in [6, 6.07) is -0.439. The van der Waals surface area contributed by atoms with Gasteiger partial charge in [-0.15, -0.1) is 0 Å². The highest BCUT2D eigenvalue weighted by Gasteiger charge is 2.19. The van der Waals surface area contributed by atoms with Gasteiger partial charge in [-0.25, -0.2) is 0 Å². The Labute approximate surface area is 79.9 Å². The summed E-state index contributed by atoms with van der Waals surface area (Å²) >= 11 is 0. The van der Waals surface area contributed by atoms with Crippen molar-refractivity contribution in [3.63, 3.8) is 0 Å². The van der Waals surface area contributed by atoms with E-state index in [2.05, 4.69) is 4.72 Å². The first-order valence-corrected chi connectivity index (χ1v) is 5.80. The highest BCUT2D eigenvalue weighted by Crippen LogP contribution is 1.97. The molecule has 0 aromatic heterocycles. The second-order valence-corrected chi connectivity index (χ2v) is 4.49. The highest BCUT2D eigenvalue weighted by atomic mass is 32.2. The molecule has 0 unspecified atom stereocenters. The molecule has 0 rings (SSSR count). The minimum Gasteiger partial charge on any atom is -0.395 e. The van der Waals surface area contributed by atoms with Crippen LogP contribution in [0.25, 0.3) is 0 Å². The number of rotatable bonds is 6. The zero-order valence-electron chi connectivity index (χ0n) is 8.32. The first-order valence-electron chi connectivity index (χ1n) is 4.36. The van der Waals surface area contributed by atoms with E-state index in [0.717, 1.165) is 0 Å². The quantitative estimate of drug-likeness (QED) is 0.623. The summed E-state index contributed by atoms with van der Waals surface area (Å²) in [5.41, 5.74) is 0. The molecule has 0 amide bonds. The molecule has 0 saturated carbocycles. The Morgan fingerprint density at radius 1 is 1.38 bits per heavy atom. The molecule has 13 heavy (non-hydrogen) atoms. The third-order valence-corrected chi connectivity index (χ3v) is 3.57. The third kappa shape index (κ3) is 4.04. The van der Waals surface area contributed by atoms with Crippen molar-refractivity contribution in [1.82, 2.24) is 9.03 Å². The van der Waals surface area contributed by atoms with Crippen molar-refractivity contribution >= 4 is 10.2 Å². The van der Waals surface area contributed by atoms with E-state index in [0.29, 0.717) is 13.1 Å². The van der Waals surface area contributed by atoms with Gasteiger partial charge in [0.05, 0.1) is 6.61 Å². The van der Waals surface area contributed by atoms with Gasteiger partial charge in [0.2, 0.25) is 0 Å². The van der Waals surface area contributed by atoms with Crippen LogP contribution in [0.15, 0.2) is 0 Å². The molecule has 5 nitrogen and oxygen atoms in total. The van der Waals surface area contributed by atoms with E-state index in [1.54, 1.807) is 20.8 Å². The second-order valence-electron chi connectivity index (χ2n) is 2.79. The van der Waals surface area contributed by atoms with E-state index in [-0.39, 0.29) is 6.61 Å². The summed E-state index contributed by atoms with van der Waals surface area (Å²) in [6.45, 7) is 5.83. The Kier molecular flexibility index (Phi) is 5.46. The van der Waals surface area contributed by atoms with E-state index in [9.17, 15) is 8.42 Å². The van der Waals surface area contributed by atoms with Crippen LogP contribution >= 0.6 is 0 Å². The number of nitrogens with zero attached hydrogens (tertiary/aromatic N) is 1. The molecule has 0 aromatic carbocycles. The molecule has 0 bridgehead atoms. The van der Waals surface area contributed by atoms with Crippen molar-refractivity contribution in [1.29, 1.82) is 0 Å². The summed E-state index contributed by atoms with van der Waals surface area (Å²) in [5, 5.41) is 8.68. The van der Waals surface area contributed by atoms with Crippen LogP contribution in [0.1, 0.15) is 20.8 Å². The van der Waals surface area contributed by atoms with Gasteiger partial charge in [0, 0.05) is 19.1 Å². The molecule has 0 aliphatic heterocycles. The summed E-state index contributed by atoms with van der Waals surface area (Å²) in [7, 11) is -3.41. The molecule has 0 fully saturated rings. The van der Waals surface area contributed by atoms with Gasteiger partial charge in [0.1, 0.15) is 0 Å². The minimum absolute atomic E-state index is 0.194. The lowest BCUT2D eigenvalue weighted by atomic mass is 10.4. The number of aliphatic hydroxyl groups is 1. The van der Waals surface area contributed by atoms with Gasteiger partial charge >= 0.3 is 0 Å². The molecular weight excluding hydrogens is 192 g/mol. The molecule has 80 valence electrons. The molecular formula is C7H18N2O3S. The molecule has 2 N–H and O–H groups in total. The summed E-state index contributed by atoms with van der Waals surface area (Å²) < 4.78 is 26.6. The molecule has 1 atom stereocenters. The minimum atomic E-state index is -3.41. The molecule has 0 aliphatic rings. The molecule has 0 aliphatic carbocycles. The Morgan fingerprint density at radius 3 is 2.15 bits per heavy atom. The fourth-order valence-corrected chi connectivity index (χ4v) is 2.34. The smallest absolute Gasteiger partial charge is 0.279 e. The predicted molar refractivity (Wildman–Crippen MR) is 51.5 cm³/mol. The summed E-state index contributed by atoms with van der Waals surface area (Å²) in [6.07, 6.45) is 0. The van der Waals surface area contributed by atoms with Crippen LogP contribution in [-0.4, -0.2) is 43.6 Å². The zero-order valence-corrected chi connectivity index (χ0v) is 9.13. The third-order valence-electron chi connectivity index (χ3n) is 1.67. The van der Waals surface area contributed by atoms with Gasteiger partial charge in [0.15, 0.2) is 0 Å². The average molecular weight is 210 g/mol. The lowest BCUT2D eigenvalue weighted by molar-refractivity contribution is 0.262. The molecule has 0 heterocycles. The zero-order chi connectivity index (χ0) is 10.5. The van der Waals surface area contributed by atoms with Crippen LogP contribution < -0.4 is 4.72 Å². The molecule has 0 spiro atoms.